The second-order valence-corrected chi connectivity index (χ2v) is 9.60. The number of likely N-dealkylation sites (N-methyl/N-ethyl adjacent to an activating group) is 1. The number of nitrogens with zero attached hydrogens (tertiary/aromatic N) is 3. The average Bonchev–Trinajstić information content (AvgIpc) is 2.87. The molecule has 0 spiro atoms. The molecule has 0 aromatic heterocycles. The first-order valence-electron chi connectivity index (χ1n) is 12.2. The van der Waals surface area contributed by atoms with Gasteiger partial charge in [0.25, 0.3) is 5.91 Å². The van der Waals surface area contributed by atoms with E-state index < -0.39 is 17.8 Å². The van der Waals surface area contributed by atoms with Crippen molar-refractivity contribution in [2.24, 2.45) is 0 Å². The van der Waals surface area contributed by atoms with Crippen molar-refractivity contribution in [2.45, 2.75) is 25.9 Å². The second kappa shape index (κ2) is 11.3. The summed E-state index contributed by atoms with van der Waals surface area (Å²) < 4.78 is 18.7. The lowest BCUT2D eigenvalue weighted by Gasteiger charge is -2.42. The molecule has 1 saturated heterocycles. The van der Waals surface area contributed by atoms with Crippen molar-refractivity contribution in [1.29, 1.82) is 0 Å². The van der Waals surface area contributed by atoms with Crippen LogP contribution in [0.3, 0.4) is 0 Å². The fourth-order valence-electron chi connectivity index (χ4n) is 4.78. The monoisotopic (exact) mass is 528 g/mol. The number of nitrogens with one attached hydrogen (secondary N) is 1. The Morgan fingerprint density at radius 3 is 2.54 bits per heavy atom. The third kappa shape index (κ3) is 5.78. The molecule has 0 unspecified atom stereocenters. The molecule has 1 fully saturated rings. The van der Waals surface area contributed by atoms with Crippen LogP contribution >= 0.6 is 11.6 Å². The molecule has 0 radical (unpaired) electrons. The number of ether oxygens (including phenoxy) is 1. The van der Waals surface area contributed by atoms with Crippen molar-refractivity contribution in [3.8, 4) is 0 Å². The number of halogens is 2. The number of urea groups is 1. The van der Waals surface area contributed by atoms with Gasteiger partial charge in [-0.3, -0.25) is 14.6 Å². The molecule has 37 heavy (non-hydrogen) atoms. The van der Waals surface area contributed by atoms with Crippen molar-refractivity contribution in [3.05, 3.63) is 81.8 Å². The number of amides is 3. The maximum absolute atomic E-state index is 13.3. The van der Waals surface area contributed by atoms with Crippen LogP contribution in [-0.2, 0) is 9.53 Å². The molecule has 2 heterocycles. The Labute approximate surface area is 220 Å². The predicted octanol–water partition coefficient (Wildman–Crippen LogP) is 3.84. The highest BCUT2D eigenvalue weighted by Crippen LogP contribution is 2.33. The van der Waals surface area contributed by atoms with Crippen LogP contribution in [0.5, 0.6) is 0 Å². The minimum absolute atomic E-state index is 0.135. The molecule has 1 N–H and O–H groups in total. The molecule has 2 atom stereocenters. The summed E-state index contributed by atoms with van der Waals surface area (Å²) in [7, 11) is 1.62. The van der Waals surface area contributed by atoms with E-state index in [2.05, 4.69) is 10.2 Å². The Kier molecular flexibility index (Phi) is 8.14. The summed E-state index contributed by atoms with van der Waals surface area (Å²) in [5, 5.41) is 3.38. The van der Waals surface area contributed by atoms with E-state index in [4.69, 9.17) is 16.3 Å². The smallest absolute Gasteiger partial charge is 0.338 e. The van der Waals surface area contributed by atoms with E-state index in [0.717, 1.165) is 0 Å². The van der Waals surface area contributed by atoms with Crippen LogP contribution in [0.4, 0.5) is 9.18 Å². The molecule has 8 nitrogen and oxygen atoms in total. The van der Waals surface area contributed by atoms with Crippen molar-refractivity contribution < 1.29 is 23.5 Å². The van der Waals surface area contributed by atoms with Crippen molar-refractivity contribution in [3.63, 3.8) is 0 Å². The van der Waals surface area contributed by atoms with Crippen molar-refractivity contribution in [2.75, 3.05) is 39.8 Å². The number of benzene rings is 2. The zero-order valence-corrected chi connectivity index (χ0v) is 21.8. The number of esters is 1. The summed E-state index contributed by atoms with van der Waals surface area (Å²) in [5.74, 6) is -1.06. The molecule has 0 bridgehead atoms. The number of piperazine rings is 1. The topological polar surface area (TPSA) is 82.2 Å². The first-order valence-corrected chi connectivity index (χ1v) is 12.6. The minimum Gasteiger partial charge on any atom is -0.463 e. The number of carbonyl (C=O) groups is 3. The van der Waals surface area contributed by atoms with Gasteiger partial charge in [-0.15, -0.1) is 0 Å². The van der Waals surface area contributed by atoms with E-state index in [-0.39, 0.29) is 24.6 Å². The summed E-state index contributed by atoms with van der Waals surface area (Å²) in [6.07, 6.45) is 0. The standard InChI is InChI=1S/C27H30ClFN4O4/c1-4-37-26(35)23-22(31(3)27(36)30-24(23)19-6-5-7-20(28)14-19)16-32-12-13-33(17(2)15-32)25(34)18-8-10-21(29)11-9-18/h5-11,14,17,24H,4,12-13,15-16H2,1-3H3,(H,30,36)/t17-,24-/m1/s1. The molecular weight excluding hydrogens is 499 g/mol. The van der Waals surface area contributed by atoms with Gasteiger partial charge in [-0.2, -0.15) is 0 Å². The predicted molar refractivity (Wildman–Crippen MR) is 137 cm³/mol. The normalized spacial score (nSPS) is 20.6. The van der Waals surface area contributed by atoms with Gasteiger partial charge in [0.15, 0.2) is 0 Å². The molecule has 196 valence electrons. The van der Waals surface area contributed by atoms with E-state index in [1.165, 1.54) is 29.2 Å². The molecule has 0 aliphatic carbocycles. The number of rotatable bonds is 6. The summed E-state index contributed by atoms with van der Waals surface area (Å²) >= 11 is 6.20. The van der Waals surface area contributed by atoms with Gasteiger partial charge in [-0.25, -0.2) is 14.0 Å². The highest BCUT2D eigenvalue weighted by atomic mass is 35.5. The second-order valence-electron chi connectivity index (χ2n) is 9.17. The van der Waals surface area contributed by atoms with Gasteiger partial charge in [0.1, 0.15) is 5.82 Å². The third-order valence-corrected chi connectivity index (χ3v) is 6.93. The molecule has 0 saturated carbocycles. The number of hydrogen-bond acceptors (Lipinski definition) is 5. The van der Waals surface area contributed by atoms with Crippen LogP contribution in [0, 0.1) is 5.82 Å². The van der Waals surface area contributed by atoms with E-state index >= 15 is 0 Å². The molecule has 2 aliphatic heterocycles. The van der Waals surface area contributed by atoms with Gasteiger partial charge in [0, 0.05) is 55.6 Å². The van der Waals surface area contributed by atoms with Gasteiger partial charge in [0.05, 0.1) is 18.2 Å². The van der Waals surface area contributed by atoms with E-state index in [1.54, 1.807) is 43.1 Å². The molecule has 2 aliphatic rings. The van der Waals surface area contributed by atoms with E-state index in [1.807, 2.05) is 6.92 Å². The van der Waals surface area contributed by atoms with Crippen LogP contribution in [-0.4, -0.2) is 78.5 Å². The summed E-state index contributed by atoms with van der Waals surface area (Å²) in [5.41, 5.74) is 2.00. The number of hydrogen-bond donors (Lipinski definition) is 1. The van der Waals surface area contributed by atoms with Crippen molar-refractivity contribution in [1.82, 2.24) is 20.0 Å². The Hall–Kier alpha value is -3.43. The summed E-state index contributed by atoms with van der Waals surface area (Å²) in [4.78, 5) is 44.4. The zero-order valence-electron chi connectivity index (χ0n) is 21.0. The fourth-order valence-corrected chi connectivity index (χ4v) is 4.98. The average molecular weight is 529 g/mol. The highest BCUT2D eigenvalue weighted by molar-refractivity contribution is 6.30. The van der Waals surface area contributed by atoms with Crippen LogP contribution < -0.4 is 5.32 Å². The molecule has 10 heteroatoms. The Morgan fingerprint density at radius 2 is 1.89 bits per heavy atom. The van der Waals surface area contributed by atoms with Crippen molar-refractivity contribution >= 4 is 29.5 Å². The molecular formula is C27H30ClFN4O4. The zero-order chi connectivity index (χ0) is 26.7. The van der Waals surface area contributed by atoms with Gasteiger partial charge in [0.2, 0.25) is 0 Å². The molecule has 2 aromatic rings. The van der Waals surface area contributed by atoms with Gasteiger partial charge >= 0.3 is 12.0 Å². The van der Waals surface area contributed by atoms with E-state index in [9.17, 15) is 18.8 Å². The quantitative estimate of drug-likeness (QED) is 0.576. The van der Waals surface area contributed by atoms with E-state index in [0.29, 0.717) is 53.6 Å². The van der Waals surface area contributed by atoms with Crippen LogP contribution in [0.25, 0.3) is 0 Å². The first-order chi connectivity index (χ1) is 17.7. The van der Waals surface area contributed by atoms with Gasteiger partial charge in [-0.1, -0.05) is 23.7 Å². The SMILES string of the molecule is CCOC(=O)C1=C(CN2CCN(C(=O)c3ccc(F)cc3)[C@H](C)C2)N(C)C(=O)N[C@@H]1c1cccc(Cl)c1. The Morgan fingerprint density at radius 1 is 1.16 bits per heavy atom. The summed E-state index contributed by atoms with van der Waals surface area (Å²) in [6.45, 7) is 5.71. The Bertz CT molecular complexity index is 1220. The molecule has 3 amide bonds. The minimum atomic E-state index is -0.713. The Balaban J connectivity index is 1.59. The highest BCUT2D eigenvalue weighted by Gasteiger charge is 2.38. The largest absolute Gasteiger partial charge is 0.463 e. The first kappa shape index (κ1) is 26.6. The van der Waals surface area contributed by atoms with Gasteiger partial charge in [-0.05, 0) is 55.8 Å². The lowest BCUT2D eigenvalue weighted by Crippen LogP contribution is -2.56. The van der Waals surface area contributed by atoms with Crippen LogP contribution in [0.1, 0.15) is 35.8 Å². The maximum Gasteiger partial charge on any atom is 0.338 e. The third-order valence-electron chi connectivity index (χ3n) is 6.69. The number of carbonyl (C=O) groups excluding carboxylic acids is 3. The lowest BCUT2D eigenvalue weighted by atomic mass is 9.94. The van der Waals surface area contributed by atoms with Crippen LogP contribution in [0.15, 0.2) is 59.8 Å². The summed E-state index contributed by atoms with van der Waals surface area (Å²) in [6, 6.07) is 11.4. The van der Waals surface area contributed by atoms with Crippen LogP contribution in [0.2, 0.25) is 5.02 Å². The van der Waals surface area contributed by atoms with Gasteiger partial charge < -0.3 is 15.0 Å². The lowest BCUT2D eigenvalue weighted by molar-refractivity contribution is -0.139. The molecule has 4 rings (SSSR count). The molecule has 2 aromatic carbocycles. The maximum atomic E-state index is 13.3. The fraction of sp³-hybridized carbons (Fsp3) is 0.370.